The fraction of sp³-hybridized carbons (Fsp3) is 0.227. The molecule has 3 aromatic rings. The molecule has 0 saturated carbocycles. The minimum absolute atomic E-state index is 0.0156. The van der Waals surface area contributed by atoms with Crippen molar-refractivity contribution in [1.82, 2.24) is 9.97 Å². The number of anilines is 2. The summed E-state index contributed by atoms with van der Waals surface area (Å²) >= 11 is 0. The highest BCUT2D eigenvalue weighted by Crippen LogP contribution is 2.24. The lowest BCUT2D eigenvalue weighted by atomic mass is 10.1. The van der Waals surface area contributed by atoms with Gasteiger partial charge in [-0.15, -0.1) is 0 Å². The number of rotatable bonds is 4. The van der Waals surface area contributed by atoms with Gasteiger partial charge < -0.3 is 14.5 Å². The van der Waals surface area contributed by atoms with E-state index in [9.17, 15) is 10.1 Å². The number of para-hydroxylation sites is 1. The molecule has 1 fully saturated rings. The van der Waals surface area contributed by atoms with Crippen molar-refractivity contribution in [2.75, 3.05) is 43.1 Å². The molecule has 1 aliphatic heterocycles. The summed E-state index contributed by atoms with van der Waals surface area (Å²) in [6.45, 7) is 3.11. The van der Waals surface area contributed by atoms with Gasteiger partial charge in [0.2, 0.25) is 5.95 Å². The third-order valence-corrected chi connectivity index (χ3v) is 5.08. The Balaban J connectivity index is 1.61. The summed E-state index contributed by atoms with van der Waals surface area (Å²) in [5.41, 5.74) is 1.88. The first-order valence-corrected chi connectivity index (χ1v) is 9.43. The van der Waals surface area contributed by atoms with Crippen molar-refractivity contribution in [3.05, 3.63) is 70.5 Å². The highest BCUT2D eigenvalue weighted by molar-refractivity contribution is 5.68. The molecule has 1 aromatic heterocycles. The molecule has 0 radical (unpaired) electrons. The Morgan fingerprint density at radius 1 is 1.00 bits per heavy atom. The lowest BCUT2D eigenvalue weighted by Gasteiger charge is -2.36. The molecule has 1 aliphatic rings. The van der Waals surface area contributed by atoms with Crippen LogP contribution in [-0.2, 0) is 0 Å². The van der Waals surface area contributed by atoms with E-state index in [0.717, 1.165) is 26.2 Å². The monoisotopic (exact) mass is 387 g/mol. The summed E-state index contributed by atoms with van der Waals surface area (Å²) in [5.74, 6) is 1.20. The largest absolute Gasteiger partial charge is 0.497 e. The molecule has 2 heterocycles. The molecule has 4 rings (SSSR count). The van der Waals surface area contributed by atoms with Gasteiger partial charge in [0, 0.05) is 37.4 Å². The smallest absolute Gasteiger partial charge is 0.270 e. The molecule has 7 nitrogen and oxygen atoms in total. The molecule has 146 valence electrons. The van der Waals surface area contributed by atoms with E-state index in [4.69, 9.17) is 4.74 Å². The molecule has 1 saturated heterocycles. The van der Waals surface area contributed by atoms with Crippen LogP contribution in [0.2, 0.25) is 0 Å². The maximum absolute atomic E-state index is 12.5. The molecule has 0 unspecified atom stereocenters. The molecule has 7 heteroatoms. The van der Waals surface area contributed by atoms with Crippen molar-refractivity contribution in [2.24, 2.45) is 0 Å². The Bertz CT molecular complexity index is 1080. The molecular weight excluding hydrogens is 366 g/mol. The van der Waals surface area contributed by atoms with Gasteiger partial charge in [0.15, 0.2) is 0 Å². The molecule has 0 bridgehead atoms. The van der Waals surface area contributed by atoms with Crippen molar-refractivity contribution in [2.45, 2.75) is 0 Å². The second kappa shape index (κ2) is 8.07. The predicted octanol–water partition coefficient (Wildman–Crippen LogP) is 2.64. The zero-order valence-electron chi connectivity index (χ0n) is 16.1. The number of nitrogens with zero attached hydrogens (tertiary/aromatic N) is 4. The molecule has 0 amide bonds. The van der Waals surface area contributed by atoms with Gasteiger partial charge in [0.1, 0.15) is 17.4 Å². The molecule has 2 aromatic carbocycles. The van der Waals surface area contributed by atoms with Crippen LogP contribution in [0.25, 0.3) is 11.3 Å². The van der Waals surface area contributed by atoms with E-state index in [1.165, 1.54) is 5.69 Å². The zero-order valence-corrected chi connectivity index (χ0v) is 16.1. The second-order valence-corrected chi connectivity index (χ2v) is 6.76. The Morgan fingerprint density at radius 3 is 2.28 bits per heavy atom. The van der Waals surface area contributed by atoms with Gasteiger partial charge in [-0.3, -0.25) is 9.78 Å². The van der Waals surface area contributed by atoms with Crippen LogP contribution in [0, 0.1) is 11.3 Å². The van der Waals surface area contributed by atoms with Crippen molar-refractivity contribution >= 4 is 11.6 Å². The van der Waals surface area contributed by atoms with Gasteiger partial charge in [0.05, 0.1) is 12.8 Å². The average molecular weight is 387 g/mol. The van der Waals surface area contributed by atoms with Gasteiger partial charge in [-0.2, -0.15) is 5.26 Å². The Labute approximate surface area is 168 Å². The summed E-state index contributed by atoms with van der Waals surface area (Å²) < 4.78 is 5.18. The third kappa shape index (κ3) is 3.78. The van der Waals surface area contributed by atoms with Crippen LogP contribution in [0.3, 0.4) is 0 Å². The van der Waals surface area contributed by atoms with Gasteiger partial charge in [-0.25, -0.2) is 4.98 Å². The molecule has 0 aliphatic carbocycles. The van der Waals surface area contributed by atoms with Gasteiger partial charge >= 0.3 is 0 Å². The lowest BCUT2D eigenvalue weighted by molar-refractivity contribution is 0.415. The fourth-order valence-corrected chi connectivity index (χ4v) is 3.49. The normalized spacial score (nSPS) is 13.8. The Kier molecular flexibility index (Phi) is 5.16. The van der Waals surface area contributed by atoms with E-state index >= 15 is 0 Å². The minimum Gasteiger partial charge on any atom is -0.497 e. The number of H-pyrrole nitrogens is 1. The van der Waals surface area contributed by atoms with E-state index in [-0.39, 0.29) is 5.56 Å². The first-order valence-electron chi connectivity index (χ1n) is 9.43. The van der Waals surface area contributed by atoms with Crippen LogP contribution >= 0.6 is 0 Å². The maximum atomic E-state index is 12.5. The summed E-state index contributed by atoms with van der Waals surface area (Å²) in [7, 11) is 1.59. The molecule has 0 spiro atoms. The molecule has 29 heavy (non-hydrogen) atoms. The fourth-order valence-electron chi connectivity index (χ4n) is 3.49. The summed E-state index contributed by atoms with van der Waals surface area (Å²) in [5, 5.41) is 9.47. The number of nitriles is 1. The zero-order chi connectivity index (χ0) is 20.2. The highest BCUT2D eigenvalue weighted by atomic mass is 16.5. The van der Waals surface area contributed by atoms with Crippen molar-refractivity contribution < 1.29 is 4.74 Å². The van der Waals surface area contributed by atoms with Crippen LogP contribution in [0.5, 0.6) is 5.75 Å². The van der Waals surface area contributed by atoms with Crippen molar-refractivity contribution in [3.8, 4) is 23.1 Å². The highest BCUT2D eigenvalue weighted by Gasteiger charge is 2.21. The maximum Gasteiger partial charge on any atom is 0.270 e. The number of methoxy groups -OCH3 is 1. The minimum atomic E-state index is -0.422. The number of ether oxygens (including phenoxy) is 1. The van der Waals surface area contributed by atoms with E-state index in [2.05, 4.69) is 31.9 Å². The van der Waals surface area contributed by atoms with Crippen molar-refractivity contribution in [1.29, 1.82) is 5.26 Å². The number of nitrogens with one attached hydrogen (secondary N) is 1. The van der Waals surface area contributed by atoms with Crippen LogP contribution < -0.4 is 20.1 Å². The molecular formula is C22H21N5O2. The molecule has 1 N–H and O–H groups in total. The number of hydrogen-bond donors (Lipinski definition) is 1. The van der Waals surface area contributed by atoms with Gasteiger partial charge in [0.25, 0.3) is 5.56 Å². The first-order chi connectivity index (χ1) is 14.2. The topological polar surface area (TPSA) is 85.2 Å². The number of piperazine rings is 1. The number of benzene rings is 2. The second-order valence-electron chi connectivity index (χ2n) is 6.76. The van der Waals surface area contributed by atoms with Crippen LogP contribution in [0.1, 0.15) is 5.56 Å². The standard InChI is InChI=1S/C22H21N5O2/c1-29-18-9-7-16(8-10-18)20-19(15-23)21(28)25-22(24-20)27-13-11-26(12-14-27)17-5-3-2-4-6-17/h2-10H,11-14H2,1H3,(H,24,25,28). The van der Waals surface area contributed by atoms with Crippen molar-refractivity contribution in [3.63, 3.8) is 0 Å². The Hall–Kier alpha value is -3.79. The summed E-state index contributed by atoms with van der Waals surface area (Å²) in [6, 6.07) is 19.4. The quantitative estimate of drug-likeness (QED) is 0.741. The van der Waals surface area contributed by atoms with Crippen LogP contribution in [-0.4, -0.2) is 43.3 Å². The van der Waals surface area contributed by atoms with E-state index < -0.39 is 5.56 Å². The third-order valence-electron chi connectivity index (χ3n) is 5.08. The average Bonchev–Trinajstić information content (AvgIpc) is 2.79. The summed E-state index contributed by atoms with van der Waals surface area (Å²) in [4.78, 5) is 24.3. The van der Waals surface area contributed by atoms with E-state index in [0.29, 0.717) is 23.0 Å². The first kappa shape index (κ1) is 18.6. The van der Waals surface area contributed by atoms with E-state index in [1.54, 1.807) is 31.4 Å². The SMILES string of the molecule is COc1ccc(-c2nc(N3CCN(c4ccccc4)CC3)[nH]c(=O)c2C#N)cc1. The molecule has 0 atom stereocenters. The van der Waals surface area contributed by atoms with Gasteiger partial charge in [-0.1, -0.05) is 18.2 Å². The number of hydrogen-bond acceptors (Lipinski definition) is 6. The number of aromatic amines is 1. The van der Waals surface area contributed by atoms with Crippen LogP contribution in [0.15, 0.2) is 59.4 Å². The van der Waals surface area contributed by atoms with Crippen LogP contribution in [0.4, 0.5) is 11.6 Å². The Morgan fingerprint density at radius 2 is 1.66 bits per heavy atom. The lowest BCUT2D eigenvalue weighted by Crippen LogP contribution is -2.47. The number of aromatic nitrogens is 2. The van der Waals surface area contributed by atoms with Gasteiger partial charge in [-0.05, 0) is 36.4 Å². The summed E-state index contributed by atoms with van der Waals surface area (Å²) in [6.07, 6.45) is 0. The predicted molar refractivity (Wildman–Crippen MR) is 112 cm³/mol. The van der Waals surface area contributed by atoms with E-state index in [1.807, 2.05) is 24.3 Å².